The largest absolute Gasteiger partial charge is 0.312 e. The molecule has 0 aromatic carbocycles. The summed E-state index contributed by atoms with van der Waals surface area (Å²) in [5, 5.41) is 3.35. The zero-order valence-electron chi connectivity index (χ0n) is 9.43. The number of rotatable bonds is 0. The molecule has 78 valence electrons. The van der Waals surface area contributed by atoms with Gasteiger partial charge in [0.05, 0.1) is 0 Å². The van der Waals surface area contributed by atoms with Gasteiger partial charge in [-0.2, -0.15) is 0 Å². The summed E-state index contributed by atoms with van der Waals surface area (Å²) in [6.45, 7) is 8.20. The van der Waals surface area contributed by atoms with Gasteiger partial charge >= 0.3 is 0 Å². The number of piperidine rings is 1. The second-order valence-corrected chi connectivity index (χ2v) is 3.41. The van der Waals surface area contributed by atoms with Crippen LogP contribution < -0.4 is 5.32 Å². The molecule has 0 unspecified atom stereocenters. The fourth-order valence-corrected chi connectivity index (χ4v) is 1.55. The van der Waals surface area contributed by atoms with Crippen LogP contribution in [0.1, 0.15) is 33.6 Å². The average Bonchev–Trinajstić information content (AvgIpc) is 2.45. The maximum absolute atomic E-state index is 4.47. The van der Waals surface area contributed by atoms with Crippen LogP contribution in [0.2, 0.25) is 0 Å². The first-order valence-electron chi connectivity index (χ1n) is 5.49. The maximum Gasteiger partial charge on any atom is 0.0458 e. The lowest BCUT2D eigenvalue weighted by Gasteiger charge is -2.16. The minimum Gasteiger partial charge on any atom is -0.312 e. The summed E-state index contributed by atoms with van der Waals surface area (Å²) in [5.41, 5.74) is 4.03. The van der Waals surface area contributed by atoms with Crippen molar-refractivity contribution >= 4 is 5.71 Å². The van der Waals surface area contributed by atoms with Gasteiger partial charge in [0.1, 0.15) is 0 Å². The molecular formula is C12H20N2. The Morgan fingerprint density at radius 2 is 2.14 bits per heavy atom. The molecule has 1 fully saturated rings. The first kappa shape index (κ1) is 11.2. The van der Waals surface area contributed by atoms with Crippen LogP contribution in [0.4, 0.5) is 0 Å². The third kappa shape index (κ3) is 2.81. The van der Waals surface area contributed by atoms with Gasteiger partial charge in [0, 0.05) is 31.4 Å². The number of hydrogen-bond acceptors (Lipinski definition) is 2. The number of nitrogens with one attached hydrogen (secondary N) is 1. The van der Waals surface area contributed by atoms with Crippen LogP contribution in [0.15, 0.2) is 28.4 Å². The van der Waals surface area contributed by atoms with E-state index in [1.807, 2.05) is 20.0 Å². The quantitative estimate of drug-likeness (QED) is 0.627. The van der Waals surface area contributed by atoms with Gasteiger partial charge in [-0.1, -0.05) is 25.5 Å². The van der Waals surface area contributed by atoms with Gasteiger partial charge in [-0.15, -0.1) is 0 Å². The van der Waals surface area contributed by atoms with Crippen molar-refractivity contribution in [2.75, 3.05) is 13.1 Å². The van der Waals surface area contributed by atoms with Gasteiger partial charge in [0.2, 0.25) is 0 Å². The van der Waals surface area contributed by atoms with Crippen molar-refractivity contribution < 1.29 is 0 Å². The predicted molar refractivity (Wildman–Crippen MR) is 62.7 cm³/mol. The monoisotopic (exact) mass is 192 g/mol. The van der Waals surface area contributed by atoms with E-state index in [4.69, 9.17) is 0 Å². The van der Waals surface area contributed by atoms with Crippen molar-refractivity contribution in [2.45, 2.75) is 33.6 Å². The summed E-state index contributed by atoms with van der Waals surface area (Å²) >= 11 is 0. The predicted octanol–water partition coefficient (Wildman–Crippen LogP) is 2.68. The Kier molecular flexibility index (Phi) is 4.60. The number of nitrogens with zero attached hydrogens (tertiary/aromatic N) is 1. The second-order valence-electron chi connectivity index (χ2n) is 3.41. The van der Waals surface area contributed by atoms with Crippen molar-refractivity contribution in [1.29, 1.82) is 0 Å². The van der Waals surface area contributed by atoms with E-state index >= 15 is 0 Å². The fourth-order valence-electron chi connectivity index (χ4n) is 1.55. The van der Waals surface area contributed by atoms with Gasteiger partial charge in [-0.05, 0) is 18.9 Å². The topological polar surface area (TPSA) is 24.4 Å². The molecule has 0 aliphatic carbocycles. The molecule has 2 aliphatic heterocycles. The first-order chi connectivity index (χ1) is 6.86. The Balaban J connectivity index is 0.000000461. The van der Waals surface area contributed by atoms with Crippen LogP contribution in [-0.4, -0.2) is 18.8 Å². The average molecular weight is 192 g/mol. The van der Waals surface area contributed by atoms with E-state index < -0.39 is 0 Å². The smallest absolute Gasteiger partial charge is 0.0458 e. The van der Waals surface area contributed by atoms with Crippen LogP contribution in [0, 0.1) is 0 Å². The standard InChI is InChI=1S/C10H14N2.C2H6/c1-8-2-3-9-7-11-5-4-10(9)12-6-8;1-2/h3,6,11H,2,4-5,7H2,1H3;1-2H3. The van der Waals surface area contributed by atoms with Gasteiger partial charge in [-0.25, -0.2) is 0 Å². The highest BCUT2D eigenvalue weighted by atomic mass is 14.9. The highest BCUT2D eigenvalue weighted by Crippen LogP contribution is 2.15. The molecule has 0 spiro atoms. The molecule has 2 heterocycles. The van der Waals surface area contributed by atoms with Crippen molar-refractivity contribution in [1.82, 2.24) is 5.32 Å². The second kappa shape index (κ2) is 5.76. The van der Waals surface area contributed by atoms with E-state index in [1.54, 1.807) is 0 Å². The third-order valence-electron chi connectivity index (χ3n) is 2.34. The van der Waals surface area contributed by atoms with Crippen LogP contribution in [-0.2, 0) is 0 Å². The van der Waals surface area contributed by atoms with Crippen molar-refractivity contribution in [3.05, 3.63) is 23.4 Å². The third-order valence-corrected chi connectivity index (χ3v) is 2.34. The zero-order chi connectivity index (χ0) is 10.4. The van der Waals surface area contributed by atoms with E-state index in [0.717, 1.165) is 25.9 Å². The number of fused-ring (bicyclic) bond motifs is 1. The van der Waals surface area contributed by atoms with Crippen LogP contribution >= 0.6 is 0 Å². The summed E-state index contributed by atoms with van der Waals surface area (Å²) in [6.07, 6.45) is 6.44. The summed E-state index contributed by atoms with van der Waals surface area (Å²) in [7, 11) is 0. The lowest BCUT2D eigenvalue weighted by Crippen LogP contribution is -2.30. The normalized spacial score (nSPS) is 20.4. The highest BCUT2D eigenvalue weighted by molar-refractivity contribution is 6.01. The van der Waals surface area contributed by atoms with Crippen molar-refractivity contribution in [2.24, 2.45) is 4.99 Å². The molecule has 0 amide bonds. The molecule has 0 aromatic heterocycles. The van der Waals surface area contributed by atoms with E-state index in [1.165, 1.54) is 16.9 Å². The van der Waals surface area contributed by atoms with Crippen LogP contribution in [0.5, 0.6) is 0 Å². The minimum absolute atomic E-state index is 1.000. The van der Waals surface area contributed by atoms with E-state index in [-0.39, 0.29) is 0 Å². The first-order valence-corrected chi connectivity index (χ1v) is 5.49. The Bertz CT molecular complexity index is 272. The Morgan fingerprint density at radius 1 is 1.36 bits per heavy atom. The molecule has 14 heavy (non-hydrogen) atoms. The summed E-state index contributed by atoms with van der Waals surface area (Å²) in [6, 6.07) is 0. The lowest BCUT2D eigenvalue weighted by molar-refractivity contribution is 0.729. The van der Waals surface area contributed by atoms with Crippen molar-refractivity contribution in [3.8, 4) is 0 Å². The number of hydrogen-bond donors (Lipinski definition) is 1. The Labute approximate surface area is 86.8 Å². The molecule has 1 N–H and O–H groups in total. The maximum atomic E-state index is 4.47. The van der Waals surface area contributed by atoms with E-state index in [0.29, 0.717) is 0 Å². The number of aliphatic imine (C=N–C) groups is 1. The highest BCUT2D eigenvalue weighted by Gasteiger charge is 2.12. The molecule has 0 saturated carbocycles. The van der Waals surface area contributed by atoms with Gasteiger partial charge in [0.25, 0.3) is 0 Å². The Hall–Kier alpha value is -0.890. The molecule has 2 nitrogen and oxygen atoms in total. The van der Waals surface area contributed by atoms with Crippen molar-refractivity contribution in [3.63, 3.8) is 0 Å². The fraction of sp³-hybridized carbons (Fsp3) is 0.583. The van der Waals surface area contributed by atoms with Crippen LogP contribution in [0.25, 0.3) is 0 Å². The van der Waals surface area contributed by atoms with Gasteiger partial charge in [0.15, 0.2) is 0 Å². The molecule has 0 radical (unpaired) electrons. The summed E-state index contributed by atoms with van der Waals surface area (Å²) in [4.78, 5) is 4.47. The molecule has 1 saturated heterocycles. The molecule has 0 atom stereocenters. The molecule has 2 aliphatic rings. The molecule has 0 bridgehead atoms. The Morgan fingerprint density at radius 3 is 2.93 bits per heavy atom. The molecule has 2 heteroatoms. The van der Waals surface area contributed by atoms with E-state index in [2.05, 4.69) is 23.3 Å². The van der Waals surface area contributed by atoms with Gasteiger partial charge < -0.3 is 5.32 Å². The minimum atomic E-state index is 1.000. The van der Waals surface area contributed by atoms with Crippen LogP contribution in [0.3, 0.4) is 0 Å². The summed E-state index contributed by atoms with van der Waals surface area (Å²) < 4.78 is 0. The zero-order valence-corrected chi connectivity index (χ0v) is 9.43. The SMILES string of the molecule is CC.CC1=CN=C2CCNCC2=CC1. The summed E-state index contributed by atoms with van der Waals surface area (Å²) in [5.74, 6) is 0. The molecule has 2 rings (SSSR count). The molecule has 0 aromatic rings. The molecular weight excluding hydrogens is 172 g/mol. The lowest BCUT2D eigenvalue weighted by atomic mass is 10.0. The van der Waals surface area contributed by atoms with E-state index in [9.17, 15) is 0 Å². The number of allylic oxidation sites excluding steroid dienone is 2. The van der Waals surface area contributed by atoms with Gasteiger partial charge in [-0.3, -0.25) is 4.99 Å².